The first kappa shape index (κ1) is 13.6. The predicted octanol–water partition coefficient (Wildman–Crippen LogP) is 2.84. The van der Waals surface area contributed by atoms with Crippen LogP contribution in [-0.4, -0.2) is 36.8 Å². The Labute approximate surface area is 111 Å². The summed E-state index contributed by atoms with van der Waals surface area (Å²) in [5.41, 5.74) is 2.73. The Bertz CT molecular complexity index is 388. The van der Waals surface area contributed by atoms with E-state index in [1.165, 1.54) is 24.1 Å². The monoisotopic (exact) mass is 247 g/mol. The number of rotatable bonds is 4. The Morgan fingerprint density at radius 1 is 1.39 bits per heavy atom. The fourth-order valence-corrected chi connectivity index (χ4v) is 2.95. The Kier molecular flexibility index (Phi) is 4.41. The molecule has 0 aromatic heterocycles. The van der Waals surface area contributed by atoms with Gasteiger partial charge in [-0.25, -0.2) is 0 Å². The predicted molar refractivity (Wildman–Crippen MR) is 76.0 cm³/mol. The van der Waals surface area contributed by atoms with Gasteiger partial charge in [-0.05, 0) is 43.0 Å². The molecule has 2 atom stereocenters. The van der Waals surface area contributed by atoms with E-state index in [2.05, 4.69) is 50.1 Å². The zero-order valence-electron chi connectivity index (χ0n) is 11.8. The number of likely N-dealkylation sites (tertiary alicyclic amines) is 1. The van der Waals surface area contributed by atoms with E-state index >= 15 is 0 Å². The van der Waals surface area contributed by atoms with Crippen LogP contribution in [0.15, 0.2) is 24.3 Å². The zero-order chi connectivity index (χ0) is 13.1. The van der Waals surface area contributed by atoms with Crippen molar-refractivity contribution in [1.29, 1.82) is 0 Å². The van der Waals surface area contributed by atoms with Crippen LogP contribution in [0.2, 0.25) is 0 Å². The van der Waals surface area contributed by atoms with Crippen molar-refractivity contribution in [2.45, 2.75) is 32.1 Å². The van der Waals surface area contributed by atoms with Crippen molar-refractivity contribution in [2.24, 2.45) is 5.92 Å². The first-order chi connectivity index (χ1) is 8.61. The zero-order valence-corrected chi connectivity index (χ0v) is 11.8. The van der Waals surface area contributed by atoms with Gasteiger partial charge in [0.05, 0.1) is 6.61 Å². The summed E-state index contributed by atoms with van der Waals surface area (Å²) >= 11 is 0. The molecular formula is C16H25NO. The summed E-state index contributed by atoms with van der Waals surface area (Å²) in [6.07, 6.45) is 1.26. The van der Waals surface area contributed by atoms with E-state index in [-0.39, 0.29) is 12.5 Å². The van der Waals surface area contributed by atoms with Crippen molar-refractivity contribution >= 4 is 0 Å². The van der Waals surface area contributed by atoms with E-state index < -0.39 is 0 Å². The maximum absolute atomic E-state index is 9.54. The molecule has 0 saturated carbocycles. The SMILES string of the molecule is CC(C)C(CO)c1cccc(C2CCN(C)C2)c1. The molecule has 2 rings (SSSR count). The summed E-state index contributed by atoms with van der Waals surface area (Å²) < 4.78 is 0. The van der Waals surface area contributed by atoms with Crippen LogP contribution in [0.25, 0.3) is 0 Å². The number of nitrogens with zero attached hydrogens (tertiary/aromatic N) is 1. The van der Waals surface area contributed by atoms with Gasteiger partial charge in [0, 0.05) is 12.5 Å². The molecule has 1 aliphatic heterocycles. The van der Waals surface area contributed by atoms with Gasteiger partial charge >= 0.3 is 0 Å². The van der Waals surface area contributed by atoms with Gasteiger partial charge in [0.25, 0.3) is 0 Å². The molecule has 0 spiro atoms. The van der Waals surface area contributed by atoms with Crippen LogP contribution in [0, 0.1) is 5.92 Å². The van der Waals surface area contributed by atoms with Gasteiger partial charge in [-0.15, -0.1) is 0 Å². The lowest BCUT2D eigenvalue weighted by Crippen LogP contribution is -2.14. The lowest BCUT2D eigenvalue weighted by Gasteiger charge is -2.20. The van der Waals surface area contributed by atoms with Crippen LogP contribution >= 0.6 is 0 Å². The lowest BCUT2D eigenvalue weighted by atomic mass is 9.86. The quantitative estimate of drug-likeness (QED) is 0.884. The molecule has 2 unspecified atom stereocenters. The molecule has 0 aliphatic carbocycles. The van der Waals surface area contributed by atoms with Crippen molar-refractivity contribution in [1.82, 2.24) is 4.90 Å². The smallest absolute Gasteiger partial charge is 0.0502 e. The lowest BCUT2D eigenvalue weighted by molar-refractivity contribution is 0.237. The highest BCUT2D eigenvalue weighted by Crippen LogP contribution is 2.30. The number of aliphatic hydroxyl groups is 1. The average Bonchev–Trinajstić information content (AvgIpc) is 2.77. The molecule has 0 amide bonds. The van der Waals surface area contributed by atoms with Gasteiger partial charge in [-0.1, -0.05) is 38.1 Å². The molecule has 2 nitrogen and oxygen atoms in total. The van der Waals surface area contributed by atoms with Crippen molar-refractivity contribution in [3.63, 3.8) is 0 Å². The Morgan fingerprint density at radius 3 is 2.72 bits per heavy atom. The maximum Gasteiger partial charge on any atom is 0.0502 e. The molecule has 1 fully saturated rings. The maximum atomic E-state index is 9.54. The summed E-state index contributed by atoms with van der Waals surface area (Å²) in [5.74, 6) is 1.42. The second-order valence-corrected chi connectivity index (χ2v) is 5.95. The van der Waals surface area contributed by atoms with Crippen molar-refractivity contribution in [2.75, 3.05) is 26.7 Å². The molecule has 100 valence electrons. The van der Waals surface area contributed by atoms with E-state index in [1.807, 2.05) is 0 Å². The highest BCUT2D eigenvalue weighted by Gasteiger charge is 2.22. The number of benzene rings is 1. The average molecular weight is 247 g/mol. The molecule has 1 aliphatic rings. The normalized spacial score (nSPS) is 22.6. The highest BCUT2D eigenvalue weighted by molar-refractivity contribution is 5.30. The third kappa shape index (κ3) is 2.93. The van der Waals surface area contributed by atoms with Gasteiger partial charge in [0.15, 0.2) is 0 Å². The van der Waals surface area contributed by atoms with Gasteiger partial charge in [0.2, 0.25) is 0 Å². The minimum atomic E-state index is 0.242. The van der Waals surface area contributed by atoms with Crippen molar-refractivity contribution in [3.8, 4) is 0 Å². The Morgan fingerprint density at radius 2 is 2.17 bits per heavy atom. The standard InChI is InChI=1S/C16H25NO/c1-12(2)16(11-18)14-6-4-5-13(9-14)15-7-8-17(3)10-15/h4-6,9,12,15-16,18H,7-8,10-11H2,1-3H3. The van der Waals surface area contributed by atoms with E-state index in [1.54, 1.807) is 0 Å². The minimum Gasteiger partial charge on any atom is -0.396 e. The van der Waals surface area contributed by atoms with Gasteiger partial charge in [0.1, 0.15) is 0 Å². The third-order valence-electron chi connectivity index (χ3n) is 4.20. The molecule has 1 saturated heterocycles. The van der Waals surface area contributed by atoms with E-state index in [0.29, 0.717) is 11.8 Å². The van der Waals surface area contributed by atoms with E-state index in [4.69, 9.17) is 0 Å². The van der Waals surface area contributed by atoms with Crippen LogP contribution in [-0.2, 0) is 0 Å². The van der Waals surface area contributed by atoms with Crippen LogP contribution in [0.5, 0.6) is 0 Å². The van der Waals surface area contributed by atoms with Crippen LogP contribution in [0.1, 0.15) is 43.2 Å². The first-order valence-electron chi connectivity index (χ1n) is 7.01. The number of hydrogen-bond acceptors (Lipinski definition) is 2. The topological polar surface area (TPSA) is 23.5 Å². The van der Waals surface area contributed by atoms with Gasteiger partial charge < -0.3 is 10.0 Å². The third-order valence-corrected chi connectivity index (χ3v) is 4.20. The molecule has 18 heavy (non-hydrogen) atoms. The van der Waals surface area contributed by atoms with Crippen molar-refractivity contribution in [3.05, 3.63) is 35.4 Å². The highest BCUT2D eigenvalue weighted by atomic mass is 16.3. The van der Waals surface area contributed by atoms with Crippen LogP contribution < -0.4 is 0 Å². The molecule has 1 aromatic rings. The largest absolute Gasteiger partial charge is 0.396 e. The minimum absolute atomic E-state index is 0.242. The fourth-order valence-electron chi connectivity index (χ4n) is 2.95. The Balaban J connectivity index is 2.19. The van der Waals surface area contributed by atoms with Crippen molar-refractivity contribution < 1.29 is 5.11 Å². The molecule has 0 radical (unpaired) electrons. The van der Waals surface area contributed by atoms with Crippen LogP contribution in [0.3, 0.4) is 0 Å². The summed E-state index contributed by atoms with van der Waals surface area (Å²) in [7, 11) is 2.19. The second-order valence-electron chi connectivity index (χ2n) is 5.95. The summed E-state index contributed by atoms with van der Waals surface area (Å²) in [6, 6.07) is 8.85. The molecule has 2 heteroatoms. The summed E-state index contributed by atoms with van der Waals surface area (Å²) in [4.78, 5) is 2.39. The van der Waals surface area contributed by atoms with Gasteiger partial charge in [-0.2, -0.15) is 0 Å². The molecule has 1 N–H and O–H groups in total. The number of aliphatic hydroxyl groups excluding tert-OH is 1. The number of likely N-dealkylation sites (N-methyl/N-ethyl adjacent to an activating group) is 1. The summed E-state index contributed by atoms with van der Waals surface area (Å²) in [6.45, 7) is 6.96. The second kappa shape index (κ2) is 5.85. The molecular weight excluding hydrogens is 222 g/mol. The van der Waals surface area contributed by atoms with Gasteiger partial charge in [-0.3, -0.25) is 0 Å². The molecule has 1 heterocycles. The Hall–Kier alpha value is -0.860. The first-order valence-corrected chi connectivity index (χ1v) is 7.01. The summed E-state index contributed by atoms with van der Waals surface area (Å²) in [5, 5.41) is 9.54. The molecule has 1 aromatic carbocycles. The van der Waals surface area contributed by atoms with Crippen LogP contribution in [0.4, 0.5) is 0 Å². The van der Waals surface area contributed by atoms with E-state index in [0.717, 1.165) is 6.54 Å². The fraction of sp³-hybridized carbons (Fsp3) is 0.625. The van der Waals surface area contributed by atoms with E-state index in [9.17, 15) is 5.11 Å². The molecule has 0 bridgehead atoms. The number of hydrogen-bond donors (Lipinski definition) is 1.